The lowest BCUT2D eigenvalue weighted by Crippen LogP contribution is -2.05. The molecule has 0 atom stereocenters. The number of hydrogen-bond donors (Lipinski definition) is 2. The number of anilines is 3. The van der Waals surface area contributed by atoms with Crippen LogP contribution in [0.4, 0.5) is 17.1 Å². The fraction of sp³-hybridized carbons (Fsp3) is 0.0667. The first-order chi connectivity index (χ1) is 8.88. The molecule has 3 heteroatoms. The van der Waals surface area contributed by atoms with Crippen molar-refractivity contribution in [3.8, 4) is 0 Å². The Bertz CT molecular complexity index is 593. The zero-order valence-corrected chi connectivity index (χ0v) is 10.8. The summed E-state index contributed by atoms with van der Waals surface area (Å²) in [4.78, 5) is 2.52. The third-order valence-corrected chi connectivity index (χ3v) is 3.97. The molecule has 0 aromatic heterocycles. The molecule has 2 aromatic rings. The molecule has 0 radical (unpaired) electrons. The van der Waals surface area contributed by atoms with Crippen LogP contribution in [0.3, 0.4) is 0 Å². The summed E-state index contributed by atoms with van der Waals surface area (Å²) in [5.41, 5.74) is 3.44. The van der Waals surface area contributed by atoms with Gasteiger partial charge in [0.1, 0.15) is 0 Å². The molecule has 2 N–H and O–H groups in total. The van der Waals surface area contributed by atoms with Gasteiger partial charge < -0.3 is 10.6 Å². The molecular formula is C15H14N2S. The van der Waals surface area contributed by atoms with E-state index in [9.17, 15) is 0 Å². The third kappa shape index (κ3) is 1.97. The third-order valence-electron chi connectivity index (χ3n) is 2.83. The molecule has 0 saturated heterocycles. The van der Waals surface area contributed by atoms with Crippen molar-refractivity contribution in [2.75, 3.05) is 17.2 Å². The molecular weight excluding hydrogens is 240 g/mol. The Morgan fingerprint density at radius 2 is 1.94 bits per heavy atom. The van der Waals surface area contributed by atoms with Crippen LogP contribution < -0.4 is 10.6 Å². The molecule has 0 unspecified atom stereocenters. The van der Waals surface area contributed by atoms with Crippen LogP contribution >= 0.6 is 11.8 Å². The van der Waals surface area contributed by atoms with E-state index in [4.69, 9.17) is 0 Å². The Morgan fingerprint density at radius 1 is 1.11 bits per heavy atom. The number of rotatable bonds is 3. The minimum absolute atomic E-state index is 0.768. The van der Waals surface area contributed by atoms with Crippen LogP contribution in [0, 0.1) is 0 Å². The van der Waals surface area contributed by atoms with Crippen molar-refractivity contribution in [3.05, 3.63) is 55.1 Å². The average molecular weight is 254 g/mol. The topological polar surface area (TPSA) is 24.1 Å². The minimum atomic E-state index is 0.768. The molecule has 0 spiro atoms. The Morgan fingerprint density at radius 3 is 2.83 bits per heavy atom. The molecule has 0 saturated carbocycles. The van der Waals surface area contributed by atoms with Gasteiger partial charge in [-0.15, -0.1) is 6.58 Å². The standard InChI is InChI=1S/C15H14N2S/c1-2-10-16-12-7-5-9-14-15(12)17-11-6-3-4-8-13(11)18-14/h2-9,16-17H,1,10H2. The average Bonchev–Trinajstić information content (AvgIpc) is 2.43. The van der Waals surface area contributed by atoms with Crippen molar-refractivity contribution < 1.29 is 0 Å². The zero-order chi connectivity index (χ0) is 12.4. The van der Waals surface area contributed by atoms with Gasteiger partial charge in [-0.2, -0.15) is 0 Å². The van der Waals surface area contributed by atoms with Gasteiger partial charge in [0, 0.05) is 16.3 Å². The number of para-hydroxylation sites is 2. The van der Waals surface area contributed by atoms with E-state index in [0.717, 1.165) is 17.9 Å². The van der Waals surface area contributed by atoms with E-state index in [1.165, 1.54) is 15.5 Å². The molecule has 0 bridgehead atoms. The van der Waals surface area contributed by atoms with E-state index in [1.54, 1.807) is 11.8 Å². The van der Waals surface area contributed by atoms with Crippen molar-refractivity contribution in [2.24, 2.45) is 0 Å². The van der Waals surface area contributed by atoms with Crippen LogP contribution in [0.2, 0.25) is 0 Å². The summed E-state index contributed by atoms with van der Waals surface area (Å²) in [6.45, 7) is 4.50. The Balaban J connectivity index is 1.99. The van der Waals surface area contributed by atoms with Crippen molar-refractivity contribution in [1.29, 1.82) is 0 Å². The van der Waals surface area contributed by atoms with E-state index in [2.05, 4.69) is 59.7 Å². The summed E-state index contributed by atoms with van der Waals surface area (Å²) in [6, 6.07) is 14.7. The Labute approximate surface area is 111 Å². The maximum Gasteiger partial charge on any atom is 0.0762 e. The summed E-state index contributed by atoms with van der Waals surface area (Å²) < 4.78 is 0. The van der Waals surface area contributed by atoms with Gasteiger partial charge in [0.05, 0.1) is 17.1 Å². The van der Waals surface area contributed by atoms with Gasteiger partial charge in [0.25, 0.3) is 0 Å². The monoisotopic (exact) mass is 254 g/mol. The summed E-state index contributed by atoms with van der Waals surface area (Å²) in [5, 5.41) is 6.86. The normalized spacial score (nSPS) is 12.0. The van der Waals surface area contributed by atoms with Gasteiger partial charge in [-0.3, -0.25) is 0 Å². The molecule has 2 nitrogen and oxygen atoms in total. The number of benzene rings is 2. The molecule has 1 aliphatic heterocycles. The zero-order valence-electron chi connectivity index (χ0n) is 9.94. The largest absolute Gasteiger partial charge is 0.380 e. The molecule has 90 valence electrons. The van der Waals surface area contributed by atoms with E-state index < -0.39 is 0 Å². The van der Waals surface area contributed by atoms with Crippen molar-refractivity contribution in [2.45, 2.75) is 9.79 Å². The Hall–Kier alpha value is -1.87. The van der Waals surface area contributed by atoms with Crippen LogP contribution in [-0.2, 0) is 0 Å². The van der Waals surface area contributed by atoms with Gasteiger partial charge in [-0.05, 0) is 24.3 Å². The lowest BCUT2D eigenvalue weighted by Gasteiger charge is -2.23. The summed E-state index contributed by atoms with van der Waals surface area (Å²) in [5.74, 6) is 0. The van der Waals surface area contributed by atoms with Gasteiger partial charge in [0.2, 0.25) is 0 Å². The number of fused-ring (bicyclic) bond motifs is 2. The van der Waals surface area contributed by atoms with Crippen LogP contribution in [0.5, 0.6) is 0 Å². The molecule has 3 rings (SSSR count). The minimum Gasteiger partial charge on any atom is -0.380 e. The molecule has 1 aliphatic rings. The second-order valence-corrected chi connectivity index (χ2v) is 5.16. The maximum absolute atomic E-state index is 3.74. The molecule has 0 aliphatic carbocycles. The van der Waals surface area contributed by atoms with Gasteiger partial charge >= 0.3 is 0 Å². The van der Waals surface area contributed by atoms with Crippen molar-refractivity contribution >= 4 is 28.8 Å². The molecule has 18 heavy (non-hydrogen) atoms. The van der Waals surface area contributed by atoms with E-state index >= 15 is 0 Å². The predicted octanol–water partition coefficient (Wildman–Crippen LogP) is 4.49. The predicted molar refractivity (Wildman–Crippen MR) is 79.0 cm³/mol. The molecule has 0 fully saturated rings. The molecule has 0 amide bonds. The lowest BCUT2D eigenvalue weighted by molar-refractivity contribution is 1.27. The van der Waals surface area contributed by atoms with Crippen LogP contribution in [0.25, 0.3) is 0 Å². The first-order valence-corrected chi connectivity index (χ1v) is 6.72. The quantitative estimate of drug-likeness (QED) is 0.673. The second-order valence-electron chi connectivity index (χ2n) is 4.07. The Kier molecular flexibility index (Phi) is 2.99. The SMILES string of the molecule is C=CCNc1cccc2c1Nc1ccccc1S2. The number of nitrogens with one attached hydrogen (secondary N) is 2. The fourth-order valence-corrected chi connectivity index (χ4v) is 3.01. The summed E-state index contributed by atoms with van der Waals surface area (Å²) in [6.07, 6.45) is 1.86. The van der Waals surface area contributed by atoms with E-state index in [0.29, 0.717) is 0 Å². The first kappa shape index (κ1) is 11.2. The van der Waals surface area contributed by atoms with E-state index in [1.807, 2.05) is 6.08 Å². The highest BCUT2D eigenvalue weighted by molar-refractivity contribution is 7.99. The van der Waals surface area contributed by atoms with Gasteiger partial charge in [-0.1, -0.05) is 36.0 Å². The van der Waals surface area contributed by atoms with Crippen molar-refractivity contribution in [3.63, 3.8) is 0 Å². The molecule has 1 heterocycles. The van der Waals surface area contributed by atoms with E-state index in [-0.39, 0.29) is 0 Å². The van der Waals surface area contributed by atoms with Gasteiger partial charge in [-0.25, -0.2) is 0 Å². The fourth-order valence-electron chi connectivity index (χ4n) is 1.99. The highest BCUT2D eigenvalue weighted by Gasteiger charge is 2.17. The highest BCUT2D eigenvalue weighted by Crippen LogP contribution is 2.46. The van der Waals surface area contributed by atoms with Crippen molar-refractivity contribution in [1.82, 2.24) is 0 Å². The smallest absolute Gasteiger partial charge is 0.0762 e. The van der Waals surface area contributed by atoms with Gasteiger partial charge in [0.15, 0.2) is 0 Å². The second kappa shape index (κ2) is 4.78. The summed E-state index contributed by atoms with van der Waals surface area (Å²) in [7, 11) is 0. The number of hydrogen-bond acceptors (Lipinski definition) is 3. The van der Waals surface area contributed by atoms with Crippen LogP contribution in [-0.4, -0.2) is 6.54 Å². The highest BCUT2D eigenvalue weighted by atomic mass is 32.2. The van der Waals surface area contributed by atoms with Crippen LogP contribution in [0.1, 0.15) is 0 Å². The lowest BCUT2D eigenvalue weighted by atomic mass is 10.2. The summed E-state index contributed by atoms with van der Waals surface area (Å²) >= 11 is 1.80. The first-order valence-electron chi connectivity index (χ1n) is 5.90. The maximum atomic E-state index is 3.74. The van der Waals surface area contributed by atoms with Crippen LogP contribution in [0.15, 0.2) is 64.9 Å². The molecule has 2 aromatic carbocycles.